The van der Waals surface area contributed by atoms with E-state index in [1.165, 1.54) is 18.3 Å². The second kappa shape index (κ2) is 5.25. The van der Waals surface area contributed by atoms with E-state index in [2.05, 4.69) is 5.10 Å². The molecule has 0 aliphatic rings. The van der Waals surface area contributed by atoms with Gasteiger partial charge < -0.3 is 4.74 Å². The molecule has 1 heterocycles. The second-order valence-electron chi connectivity index (χ2n) is 3.95. The van der Waals surface area contributed by atoms with Gasteiger partial charge in [0.25, 0.3) is 0 Å². The molecule has 0 atom stereocenters. The summed E-state index contributed by atoms with van der Waals surface area (Å²) in [5.74, 6) is 0.556. The molecule has 0 N–H and O–H groups in total. The molecule has 0 aliphatic carbocycles. The Kier molecular flexibility index (Phi) is 3.66. The highest BCUT2D eigenvalue weighted by molar-refractivity contribution is 5.45. The van der Waals surface area contributed by atoms with E-state index in [1.807, 2.05) is 6.92 Å². The van der Waals surface area contributed by atoms with Crippen LogP contribution < -0.4 is 4.74 Å². The van der Waals surface area contributed by atoms with E-state index in [0.717, 1.165) is 12.1 Å². The summed E-state index contributed by atoms with van der Waals surface area (Å²) in [6.07, 6.45) is -1.49. The Bertz CT molecular complexity index is 656. The Balaban J connectivity index is 2.28. The first kappa shape index (κ1) is 13.9. The second-order valence-corrected chi connectivity index (χ2v) is 3.95. The van der Waals surface area contributed by atoms with Crippen LogP contribution in [-0.4, -0.2) is 9.78 Å². The fourth-order valence-electron chi connectivity index (χ4n) is 1.63. The minimum Gasteiger partial charge on any atom is -0.454 e. The predicted molar refractivity (Wildman–Crippen MR) is 64.1 cm³/mol. The first-order valence-electron chi connectivity index (χ1n) is 5.75. The lowest BCUT2D eigenvalue weighted by molar-refractivity contribution is -0.137. The van der Waals surface area contributed by atoms with Gasteiger partial charge >= 0.3 is 6.18 Å². The summed E-state index contributed by atoms with van der Waals surface area (Å²) in [5.41, 5.74) is -1.45. The monoisotopic (exact) mass is 281 g/mol. The molecule has 7 heteroatoms. The van der Waals surface area contributed by atoms with Crippen molar-refractivity contribution in [3.05, 3.63) is 41.7 Å². The van der Waals surface area contributed by atoms with Crippen LogP contribution in [0.5, 0.6) is 11.5 Å². The number of nitriles is 1. The minimum atomic E-state index is -4.56. The van der Waals surface area contributed by atoms with Gasteiger partial charge in [-0.05, 0) is 25.1 Å². The summed E-state index contributed by atoms with van der Waals surface area (Å²) in [5, 5.41) is 12.8. The van der Waals surface area contributed by atoms with Gasteiger partial charge in [0.1, 0.15) is 5.75 Å². The van der Waals surface area contributed by atoms with E-state index >= 15 is 0 Å². The van der Waals surface area contributed by atoms with E-state index in [0.29, 0.717) is 12.3 Å². The standard InChI is InChI=1S/C13H10F3N3O/c1-2-19-8-11(7-18-19)20-10-3-4-12(13(14,15)16)9(5-10)6-17/h3-5,7-8H,2H2,1H3. The summed E-state index contributed by atoms with van der Waals surface area (Å²) in [4.78, 5) is 0. The predicted octanol–water partition coefficient (Wildman–Crippen LogP) is 3.59. The molecule has 0 spiro atoms. The number of rotatable bonds is 3. The average Bonchev–Trinajstić information content (AvgIpc) is 2.85. The van der Waals surface area contributed by atoms with Crippen LogP contribution in [0.15, 0.2) is 30.6 Å². The fourth-order valence-corrected chi connectivity index (χ4v) is 1.63. The zero-order valence-corrected chi connectivity index (χ0v) is 10.5. The van der Waals surface area contributed by atoms with Crippen molar-refractivity contribution in [3.63, 3.8) is 0 Å². The number of halogens is 3. The number of nitrogens with zero attached hydrogens (tertiary/aromatic N) is 3. The molecule has 0 aliphatic heterocycles. The summed E-state index contributed by atoms with van der Waals surface area (Å²) < 4.78 is 44.9. The molecule has 1 aromatic carbocycles. The molecule has 2 aromatic rings. The van der Waals surface area contributed by atoms with Crippen molar-refractivity contribution in [3.8, 4) is 17.6 Å². The van der Waals surface area contributed by atoms with Crippen molar-refractivity contribution < 1.29 is 17.9 Å². The Hall–Kier alpha value is -2.49. The normalized spacial score (nSPS) is 11.2. The smallest absolute Gasteiger partial charge is 0.417 e. The fraction of sp³-hybridized carbons (Fsp3) is 0.231. The Labute approximate surface area is 113 Å². The average molecular weight is 281 g/mol. The topological polar surface area (TPSA) is 50.8 Å². The van der Waals surface area contributed by atoms with Gasteiger partial charge in [-0.2, -0.15) is 23.5 Å². The molecule has 0 fully saturated rings. The van der Waals surface area contributed by atoms with E-state index in [9.17, 15) is 13.2 Å². The summed E-state index contributed by atoms with van der Waals surface area (Å²) >= 11 is 0. The third-order valence-corrected chi connectivity index (χ3v) is 2.59. The van der Waals surface area contributed by atoms with Crippen LogP contribution in [0, 0.1) is 11.3 Å². The first-order chi connectivity index (χ1) is 9.44. The number of ether oxygens (including phenoxy) is 1. The lowest BCUT2D eigenvalue weighted by Gasteiger charge is -2.10. The molecule has 0 bridgehead atoms. The molecule has 0 saturated heterocycles. The maximum atomic E-state index is 12.6. The SMILES string of the molecule is CCn1cc(Oc2ccc(C(F)(F)F)c(C#N)c2)cn1. The van der Waals surface area contributed by atoms with Crippen molar-refractivity contribution in [2.75, 3.05) is 0 Å². The van der Waals surface area contributed by atoms with Crippen LogP contribution in [0.25, 0.3) is 0 Å². The molecule has 0 radical (unpaired) electrons. The number of aryl methyl sites for hydroxylation is 1. The number of alkyl halides is 3. The van der Waals surface area contributed by atoms with E-state index in [1.54, 1.807) is 10.9 Å². The van der Waals surface area contributed by atoms with E-state index in [4.69, 9.17) is 10.00 Å². The van der Waals surface area contributed by atoms with Gasteiger partial charge in [0.15, 0.2) is 5.75 Å². The van der Waals surface area contributed by atoms with Crippen molar-refractivity contribution in [2.24, 2.45) is 0 Å². The van der Waals surface area contributed by atoms with Crippen molar-refractivity contribution in [2.45, 2.75) is 19.6 Å². The van der Waals surface area contributed by atoms with Crippen molar-refractivity contribution in [1.82, 2.24) is 9.78 Å². The summed E-state index contributed by atoms with van der Waals surface area (Å²) in [6, 6.07) is 4.59. The number of hydrogen-bond acceptors (Lipinski definition) is 3. The van der Waals surface area contributed by atoms with Crippen LogP contribution in [0.4, 0.5) is 13.2 Å². The van der Waals surface area contributed by atoms with Crippen molar-refractivity contribution >= 4 is 0 Å². The number of aromatic nitrogens is 2. The molecule has 2 rings (SSSR count). The van der Waals surface area contributed by atoms with Crippen LogP contribution in [0.2, 0.25) is 0 Å². The number of benzene rings is 1. The van der Waals surface area contributed by atoms with Crippen LogP contribution in [0.1, 0.15) is 18.1 Å². The maximum Gasteiger partial charge on any atom is 0.417 e. The summed E-state index contributed by atoms with van der Waals surface area (Å²) in [6.45, 7) is 2.54. The molecular weight excluding hydrogens is 271 g/mol. The van der Waals surface area contributed by atoms with Crippen LogP contribution >= 0.6 is 0 Å². The maximum absolute atomic E-state index is 12.6. The molecule has 4 nitrogen and oxygen atoms in total. The molecule has 0 amide bonds. The Morgan fingerprint density at radius 3 is 2.65 bits per heavy atom. The third kappa shape index (κ3) is 2.91. The highest BCUT2D eigenvalue weighted by Gasteiger charge is 2.33. The molecular formula is C13H10F3N3O. The Morgan fingerprint density at radius 2 is 2.10 bits per heavy atom. The number of hydrogen-bond donors (Lipinski definition) is 0. The highest BCUT2D eigenvalue weighted by Crippen LogP contribution is 2.34. The van der Waals surface area contributed by atoms with Gasteiger partial charge in [0, 0.05) is 6.54 Å². The summed E-state index contributed by atoms with van der Waals surface area (Å²) in [7, 11) is 0. The molecule has 20 heavy (non-hydrogen) atoms. The van der Waals surface area contributed by atoms with Crippen molar-refractivity contribution in [1.29, 1.82) is 5.26 Å². The first-order valence-corrected chi connectivity index (χ1v) is 5.75. The van der Waals surface area contributed by atoms with E-state index in [-0.39, 0.29) is 5.75 Å². The quantitative estimate of drug-likeness (QED) is 0.864. The minimum absolute atomic E-state index is 0.158. The van der Waals surface area contributed by atoms with Gasteiger partial charge in [-0.3, -0.25) is 4.68 Å². The van der Waals surface area contributed by atoms with E-state index < -0.39 is 17.3 Å². The lowest BCUT2D eigenvalue weighted by Crippen LogP contribution is -2.07. The van der Waals surface area contributed by atoms with Gasteiger partial charge in [-0.1, -0.05) is 0 Å². The van der Waals surface area contributed by atoms with Crippen LogP contribution in [-0.2, 0) is 12.7 Å². The molecule has 0 unspecified atom stereocenters. The molecule has 104 valence electrons. The van der Waals surface area contributed by atoms with Gasteiger partial charge in [-0.25, -0.2) is 0 Å². The van der Waals surface area contributed by atoms with Gasteiger partial charge in [-0.15, -0.1) is 0 Å². The third-order valence-electron chi connectivity index (χ3n) is 2.59. The van der Waals surface area contributed by atoms with Crippen LogP contribution in [0.3, 0.4) is 0 Å². The molecule has 1 aromatic heterocycles. The largest absolute Gasteiger partial charge is 0.454 e. The van der Waals surface area contributed by atoms with Gasteiger partial charge in [0.05, 0.1) is 29.6 Å². The zero-order valence-electron chi connectivity index (χ0n) is 10.5. The molecule has 0 saturated carbocycles. The highest BCUT2D eigenvalue weighted by atomic mass is 19.4. The lowest BCUT2D eigenvalue weighted by atomic mass is 10.1. The van der Waals surface area contributed by atoms with Gasteiger partial charge in [0.2, 0.25) is 0 Å². The zero-order chi connectivity index (χ0) is 14.8. The Morgan fingerprint density at radius 1 is 1.35 bits per heavy atom.